The molecule has 0 spiro atoms. The van der Waals surface area contributed by atoms with Crippen LogP contribution in [0.15, 0.2) is 83.1 Å². The summed E-state index contributed by atoms with van der Waals surface area (Å²) in [6, 6.07) is 12.4. The summed E-state index contributed by atoms with van der Waals surface area (Å²) in [7, 11) is 0. The van der Waals surface area contributed by atoms with Crippen molar-refractivity contribution >= 4 is 17.4 Å². The molecule has 240 valence electrons. The van der Waals surface area contributed by atoms with Gasteiger partial charge in [-0.3, -0.25) is 14.4 Å². The molecule has 1 aromatic heterocycles. The molecule has 2 amide bonds. The summed E-state index contributed by atoms with van der Waals surface area (Å²) in [5.41, 5.74) is 8.93. The lowest BCUT2D eigenvalue weighted by molar-refractivity contribution is -0.132. The van der Waals surface area contributed by atoms with E-state index in [1.165, 1.54) is 12.5 Å². The van der Waals surface area contributed by atoms with Crippen LogP contribution < -0.4 is 11.2 Å². The molecule has 11 heteroatoms. The zero-order chi connectivity index (χ0) is 32.4. The van der Waals surface area contributed by atoms with Crippen LogP contribution in [-0.2, 0) is 27.5 Å². The van der Waals surface area contributed by atoms with Gasteiger partial charge in [-0.15, -0.1) is 0 Å². The van der Waals surface area contributed by atoms with Gasteiger partial charge in [0.25, 0.3) is 0 Å². The largest absolute Gasteiger partial charge is 0.445 e. The first-order chi connectivity index (χ1) is 21.7. The second kappa shape index (κ2) is 15.7. The number of halogens is 2. The number of aromatic nitrogens is 1. The van der Waals surface area contributed by atoms with Crippen molar-refractivity contribution in [1.82, 2.24) is 15.4 Å². The maximum absolute atomic E-state index is 14.3. The van der Waals surface area contributed by atoms with Gasteiger partial charge in [0.2, 0.25) is 17.7 Å². The normalized spacial score (nSPS) is 17.7. The number of rotatable bonds is 16. The number of hydrogen-bond acceptors (Lipinski definition) is 7. The van der Waals surface area contributed by atoms with Gasteiger partial charge in [0.1, 0.15) is 17.9 Å². The first kappa shape index (κ1) is 33.7. The molecule has 1 aliphatic carbocycles. The van der Waals surface area contributed by atoms with Crippen molar-refractivity contribution in [3.8, 4) is 0 Å². The summed E-state index contributed by atoms with van der Waals surface area (Å²) in [6.07, 6.45) is 5.80. The summed E-state index contributed by atoms with van der Waals surface area (Å²) in [5, 5.41) is 11.7. The van der Waals surface area contributed by atoms with Crippen LogP contribution in [-0.4, -0.2) is 52.5 Å². The molecule has 3 aromatic rings. The van der Waals surface area contributed by atoms with Crippen molar-refractivity contribution in [2.75, 3.05) is 19.6 Å². The van der Waals surface area contributed by atoms with Crippen LogP contribution in [0.25, 0.3) is 5.57 Å². The topological polar surface area (TPSA) is 131 Å². The van der Waals surface area contributed by atoms with Gasteiger partial charge in [-0.1, -0.05) is 50.3 Å². The molecule has 1 aliphatic rings. The highest BCUT2D eigenvalue weighted by Gasteiger charge is 2.49. The fraction of sp³-hybridized carbons (Fsp3) is 0.382. The standard InChI is InChI=1S/C34H40F2N4O5/c1-3-11-40(12-4-2)32(42)26-17-25(31-38-10-13-44-31)19-34(20-26,33(37)43)29(16-24-14-27(35)18-28(36)15-24)30(41)21-39-45-22-23-8-6-5-7-9-23/h5-10,13-15,17-19,29-30,39,41H,3-4,11-12,16,20-22H2,1-2H3,(H2,37,43)/t29-,30+,34?/m1/s1. The number of aliphatic hydroxyl groups is 1. The maximum Gasteiger partial charge on any atom is 0.249 e. The summed E-state index contributed by atoms with van der Waals surface area (Å²) < 4.78 is 34.2. The van der Waals surface area contributed by atoms with Crippen molar-refractivity contribution in [3.63, 3.8) is 0 Å². The molecule has 1 unspecified atom stereocenters. The highest BCUT2D eigenvalue weighted by atomic mass is 19.1. The second-order valence-electron chi connectivity index (χ2n) is 11.3. The smallest absolute Gasteiger partial charge is 0.249 e. The van der Waals surface area contributed by atoms with Crippen molar-refractivity contribution in [1.29, 1.82) is 0 Å². The fourth-order valence-electron chi connectivity index (χ4n) is 5.83. The third-order valence-corrected chi connectivity index (χ3v) is 7.89. The number of primary amides is 1. The first-order valence-electron chi connectivity index (χ1n) is 15.1. The lowest BCUT2D eigenvalue weighted by Crippen LogP contribution is -2.51. The number of nitrogens with two attached hydrogens (primary N) is 1. The molecular formula is C34H40F2N4O5. The molecule has 0 bridgehead atoms. The Morgan fingerprint density at radius 3 is 2.40 bits per heavy atom. The molecular weight excluding hydrogens is 582 g/mol. The van der Waals surface area contributed by atoms with Gasteiger partial charge in [0, 0.05) is 42.8 Å². The maximum atomic E-state index is 14.3. The summed E-state index contributed by atoms with van der Waals surface area (Å²) in [6.45, 7) is 4.99. The number of carbonyl (C=O) groups excluding carboxylic acids is 2. The van der Waals surface area contributed by atoms with Gasteiger partial charge in [-0.2, -0.15) is 5.48 Å². The van der Waals surface area contributed by atoms with Gasteiger partial charge in [0.15, 0.2) is 0 Å². The average Bonchev–Trinajstić information content (AvgIpc) is 3.56. The SMILES string of the molecule is CCCN(CCC)C(=O)C1=CC(c2ncco2)=CC(C(N)=O)([C@H](Cc2cc(F)cc(F)c2)[C@@H](O)CNOCc2ccccc2)C1. The van der Waals surface area contributed by atoms with Gasteiger partial charge >= 0.3 is 0 Å². The van der Waals surface area contributed by atoms with E-state index in [-0.39, 0.29) is 48.9 Å². The molecule has 4 rings (SSSR count). The van der Waals surface area contributed by atoms with E-state index < -0.39 is 35.0 Å². The molecule has 2 aromatic carbocycles. The predicted octanol–water partition coefficient (Wildman–Crippen LogP) is 4.73. The Bertz CT molecular complexity index is 1470. The zero-order valence-electron chi connectivity index (χ0n) is 25.5. The average molecular weight is 623 g/mol. The Morgan fingerprint density at radius 1 is 1.11 bits per heavy atom. The van der Waals surface area contributed by atoms with E-state index in [1.54, 1.807) is 17.1 Å². The van der Waals surface area contributed by atoms with Gasteiger partial charge < -0.3 is 20.2 Å². The Morgan fingerprint density at radius 2 is 1.80 bits per heavy atom. The fourth-order valence-corrected chi connectivity index (χ4v) is 5.83. The van der Waals surface area contributed by atoms with Crippen LogP contribution in [0.1, 0.15) is 50.1 Å². The zero-order valence-corrected chi connectivity index (χ0v) is 25.5. The number of hydroxylamine groups is 1. The van der Waals surface area contributed by atoms with Gasteiger partial charge in [0.05, 0.1) is 24.3 Å². The van der Waals surface area contributed by atoms with Gasteiger partial charge in [-0.25, -0.2) is 13.8 Å². The number of allylic oxidation sites excluding steroid dienone is 2. The van der Waals surface area contributed by atoms with E-state index in [4.69, 9.17) is 15.0 Å². The van der Waals surface area contributed by atoms with Crippen molar-refractivity contribution in [2.45, 2.75) is 52.2 Å². The predicted molar refractivity (Wildman–Crippen MR) is 165 cm³/mol. The van der Waals surface area contributed by atoms with Crippen LogP contribution in [0, 0.1) is 23.0 Å². The summed E-state index contributed by atoms with van der Waals surface area (Å²) >= 11 is 0. The Balaban J connectivity index is 1.75. The molecule has 0 saturated carbocycles. The number of benzene rings is 2. The van der Waals surface area contributed by atoms with E-state index in [9.17, 15) is 23.5 Å². The van der Waals surface area contributed by atoms with E-state index in [0.717, 1.165) is 36.6 Å². The van der Waals surface area contributed by atoms with Crippen LogP contribution in [0.5, 0.6) is 0 Å². The molecule has 9 nitrogen and oxygen atoms in total. The van der Waals surface area contributed by atoms with Crippen molar-refractivity contribution in [3.05, 3.63) is 107 Å². The number of oxazole rings is 1. The van der Waals surface area contributed by atoms with Crippen molar-refractivity contribution in [2.24, 2.45) is 17.1 Å². The Labute approximate surface area is 261 Å². The number of aliphatic hydroxyl groups excluding tert-OH is 1. The molecule has 0 fully saturated rings. The minimum absolute atomic E-state index is 0.149. The first-order valence-corrected chi connectivity index (χ1v) is 15.1. The monoisotopic (exact) mass is 622 g/mol. The third kappa shape index (κ3) is 8.50. The molecule has 45 heavy (non-hydrogen) atoms. The van der Waals surface area contributed by atoms with Crippen LogP contribution in [0.2, 0.25) is 0 Å². The number of nitrogens with one attached hydrogen (secondary N) is 1. The van der Waals surface area contributed by atoms with Crippen LogP contribution in [0.3, 0.4) is 0 Å². The summed E-state index contributed by atoms with van der Waals surface area (Å²) in [4.78, 5) is 39.1. The number of nitrogens with zero attached hydrogens (tertiary/aromatic N) is 2. The highest BCUT2D eigenvalue weighted by Crippen LogP contribution is 2.46. The second-order valence-corrected chi connectivity index (χ2v) is 11.3. The van der Waals surface area contributed by atoms with Crippen LogP contribution >= 0.6 is 0 Å². The number of amides is 2. The minimum atomic E-state index is -1.68. The summed E-state index contributed by atoms with van der Waals surface area (Å²) in [5.74, 6) is -3.62. The molecule has 3 atom stereocenters. The Hall–Kier alpha value is -4.19. The number of hydrogen-bond donors (Lipinski definition) is 3. The molecule has 0 saturated heterocycles. The van der Waals surface area contributed by atoms with Gasteiger partial charge in [-0.05, 0) is 55.0 Å². The Kier molecular flexibility index (Phi) is 11.8. The molecule has 4 N–H and O–H groups in total. The number of carbonyl (C=O) groups is 2. The highest BCUT2D eigenvalue weighted by molar-refractivity contribution is 6.00. The van der Waals surface area contributed by atoms with E-state index in [1.807, 2.05) is 44.2 Å². The molecule has 0 radical (unpaired) electrons. The minimum Gasteiger partial charge on any atom is -0.445 e. The van der Waals surface area contributed by atoms with Crippen molar-refractivity contribution < 1.29 is 32.7 Å². The molecule has 1 heterocycles. The third-order valence-electron chi connectivity index (χ3n) is 7.89. The van der Waals surface area contributed by atoms with E-state index in [0.29, 0.717) is 18.7 Å². The quantitative estimate of drug-likeness (QED) is 0.156. The lowest BCUT2D eigenvalue weighted by Gasteiger charge is -2.41. The molecule has 0 aliphatic heterocycles. The van der Waals surface area contributed by atoms with Crippen LogP contribution in [0.4, 0.5) is 8.78 Å². The van der Waals surface area contributed by atoms with E-state index in [2.05, 4.69) is 10.5 Å². The van der Waals surface area contributed by atoms with E-state index >= 15 is 0 Å². The lowest BCUT2D eigenvalue weighted by atomic mass is 9.63.